The topological polar surface area (TPSA) is 33.7 Å². The summed E-state index contributed by atoms with van der Waals surface area (Å²) in [5.74, 6) is 0. The molecule has 0 aromatic heterocycles. The van der Waals surface area contributed by atoms with Crippen molar-refractivity contribution in [3.63, 3.8) is 0 Å². The van der Waals surface area contributed by atoms with Crippen molar-refractivity contribution in [2.75, 3.05) is 47.1 Å². The van der Waals surface area contributed by atoms with Gasteiger partial charge in [-0.2, -0.15) is 0 Å². The van der Waals surface area contributed by atoms with E-state index in [1.807, 2.05) is 18.9 Å². The number of rotatable bonds is 7. The maximum Gasteiger partial charge on any atom is 0.168 e. The Balaban J connectivity index is 3.44. The first-order valence-electron chi connectivity index (χ1n) is 4.78. The molecule has 0 aliphatic rings. The summed E-state index contributed by atoms with van der Waals surface area (Å²) in [7, 11) is 3.62. The Kier molecular flexibility index (Phi) is 8.92. The lowest BCUT2D eigenvalue weighted by Crippen LogP contribution is -2.40. The molecule has 0 aliphatic carbocycles. The minimum Gasteiger partial charge on any atom is -0.383 e. The van der Waals surface area contributed by atoms with Gasteiger partial charge in [-0.15, -0.1) is 0 Å². The van der Waals surface area contributed by atoms with Crippen molar-refractivity contribution in [3.8, 4) is 0 Å². The van der Waals surface area contributed by atoms with Gasteiger partial charge in [0.1, 0.15) is 0 Å². The van der Waals surface area contributed by atoms with Gasteiger partial charge in [-0.05, 0) is 19.1 Å². The third-order valence-electron chi connectivity index (χ3n) is 1.70. The van der Waals surface area contributed by atoms with Crippen LogP contribution in [0.2, 0.25) is 0 Å². The first-order valence-corrected chi connectivity index (χ1v) is 5.18. The average Bonchev–Trinajstić information content (AvgIpc) is 2.18. The van der Waals surface area contributed by atoms with Crippen LogP contribution in [0, 0.1) is 0 Å². The van der Waals surface area contributed by atoms with Crippen LogP contribution < -0.4 is 5.32 Å². The molecule has 0 bridgehead atoms. The summed E-state index contributed by atoms with van der Waals surface area (Å²) < 4.78 is 10.1. The first-order chi connectivity index (χ1) is 6.72. The smallest absolute Gasteiger partial charge is 0.168 e. The van der Waals surface area contributed by atoms with Gasteiger partial charge in [-0.1, -0.05) is 0 Å². The van der Waals surface area contributed by atoms with Crippen molar-refractivity contribution in [3.05, 3.63) is 0 Å². The van der Waals surface area contributed by atoms with E-state index in [1.165, 1.54) is 0 Å². The first kappa shape index (κ1) is 13.6. The van der Waals surface area contributed by atoms with Gasteiger partial charge in [-0.25, -0.2) is 0 Å². The molecule has 0 amide bonds. The van der Waals surface area contributed by atoms with Crippen LogP contribution in [0.25, 0.3) is 0 Å². The van der Waals surface area contributed by atoms with Crippen molar-refractivity contribution in [2.24, 2.45) is 0 Å². The highest BCUT2D eigenvalue weighted by atomic mass is 32.1. The number of ether oxygens (including phenoxy) is 2. The molecule has 0 unspecified atom stereocenters. The number of likely N-dealkylation sites (N-methyl/N-ethyl adjacent to an activating group) is 1. The van der Waals surface area contributed by atoms with Gasteiger partial charge in [0.25, 0.3) is 0 Å². The van der Waals surface area contributed by atoms with E-state index >= 15 is 0 Å². The Bertz CT molecular complexity index is 156. The molecule has 0 radical (unpaired) electrons. The fourth-order valence-corrected chi connectivity index (χ4v) is 1.04. The zero-order chi connectivity index (χ0) is 10.8. The fourth-order valence-electron chi connectivity index (χ4n) is 0.842. The summed E-state index contributed by atoms with van der Waals surface area (Å²) in [5, 5.41) is 3.82. The number of nitrogens with one attached hydrogen (secondary N) is 1. The van der Waals surface area contributed by atoms with Crippen LogP contribution in [-0.4, -0.2) is 57.1 Å². The Hall–Kier alpha value is -0.390. The SMILES string of the molecule is CCOCCN(C)C(=S)NCCOC. The number of nitrogens with zero attached hydrogens (tertiary/aromatic N) is 1. The molecule has 1 N–H and O–H groups in total. The molecule has 5 heteroatoms. The van der Waals surface area contributed by atoms with Gasteiger partial charge in [0.15, 0.2) is 5.11 Å². The highest BCUT2D eigenvalue weighted by molar-refractivity contribution is 7.80. The molecule has 4 nitrogen and oxygen atoms in total. The lowest BCUT2D eigenvalue weighted by atomic mass is 10.6. The highest BCUT2D eigenvalue weighted by Gasteiger charge is 2.01. The number of hydrogen-bond donors (Lipinski definition) is 1. The summed E-state index contributed by atoms with van der Waals surface area (Å²) in [6.07, 6.45) is 0. The Morgan fingerprint density at radius 3 is 2.71 bits per heavy atom. The molecule has 0 heterocycles. The van der Waals surface area contributed by atoms with Gasteiger partial charge in [-0.3, -0.25) is 0 Å². The molecule has 0 saturated carbocycles. The minimum absolute atomic E-state index is 0.666. The quantitative estimate of drug-likeness (QED) is 0.498. The predicted octanol–water partition coefficient (Wildman–Crippen LogP) is 0.476. The second kappa shape index (κ2) is 9.18. The van der Waals surface area contributed by atoms with Crippen LogP contribution in [0.5, 0.6) is 0 Å². The summed E-state index contributed by atoms with van der Waals surface area (Å²) in [6.45, 7) is 5.66. The maximum absolute atomic E-state index is 5.23. The van der Waals surface area contributed by atoms with E-state index in [4.69, 9.17) is 21.7 Å². The van der Waals surface area contributed by atoms with Crippen molar-refractivity contribution in [1.29, 1.82) is 0 Å². The average molecular weight is 220 g/mol. The Labute approximate surface area is 91.6 Å². The van der Waals surface area contributed by atoms with Gasteiger partial charge < -0.3 is 19.7 Å². The van der Waals surface area contributed by atoms with E-state index in [0.29, 0.717) is 13.2 Å². The summed E-state index contributed by atoms with van der Waals surface area (Å²) in [6, 6.07) is 0. The third-order valence-corrected chi connectivity index (χ3v) is 2.16. The van der Waals surface area contributed by atoms with Crippen molar-refractivity contribution in [2.45, 2.75) is 6.92 Å². The highest BCUT2D eigenvalue weighted by Crippen LogP contribution is 1.85. The lowest BCUT2D eigenvalue weighted by Gasteiger charge is -2.20. The molecular formula is C9H20N2O2S. The third kappa shape index (κ3) is 7.06. The molecule has 14 heavy (non-hydrogen) atoms. The predicted molar refractivity (Wildman–Crippen MR) is 61.6 cm³/mol. The lowest BCUT2D eigenvalue weighted by molar-refractivity contribution is 0.136. The van der Waals surface area contributed by atoms with E-state index in [9.17, 15) is 0 Å². The maximum atomic E-state index is 5.23. The number of methoxy groups -OCH3 is 1. The summed E-state index contributed by atoms with van der Waals surface area (Å²) >= 11 is 5.14. The molecule has 0 aliphatic heterocycles. The number of thiocarbonyl (C=S) groups is 1. The standard InChI is InChI=1S/C9H20N2O2S/c1-4-13-8-6-11(2)9(14)10-5-7-12-3/h4-8H2,1-3H3,(H,10,14). The molecule has 0 aromatic carbocycles. The van der Waals surface area contributed by atoms with E-state index in [0.717, 1.165) is 24.8 Å². The molecular weight excluding hydrogens is 200 g/mol. The zero-order valence-electron chi connectivity index (χ0n) is 9.21. The Morgan fingerprint density at radius 2 is 2.14 bits per heavy atom. The van der Waals surface area contributed by atoms with Crippen molar-refractivity contribution in [1.82, 2.24) is 10.2 Å². The van der Waals surface area contributed by atoms with Crippen LogP contribution in [0.1, 0.15) is 6.92 Å². The van der Waals surface area contributed by atoms with Gasteiger partial charge in [0.2, 0.25) is 0 Å². The van der Waals surface area contributed by atoms with Gasteiger partial charge >= 0.3 is 0 Å². The second-order valence-electron chi connectivity index (χ2n) is 2.84. The van der Waals surface area contributed by atoms with Crippen molar-refractivity contribution < 1.29 is 9.47 Å². The van der Waals surface area contributed by atoms with Crippen LogP contribution in [0.3, 0.4) is 0 Å². The summed E-state index contributed by atoms with van der Waals surface area (Å²) in [5.41, 5.74) is 0. The second-order valence-corrected chi connectivity index (χ2v) is 3.23. The van der Waals surface area contributed by atoms with Gasteiger partial charge in [0.05, 0.1) is 13.2 Å². The van der Waals surface area contributed by atoms with Gasteiger partial charge in [0, 0.05) is 33.9 Å². The van der Waals surface area contributed by atoms with E-state index in [1.54, 1.807) is 7.11 Å². The van der Waals surface area contributed by atoms with Crippen LogP contribution in [0.15, 0.2) is 0 Å². The molecule has 0 saturated heterocycles. The fraction of sp³-hybridized carbons (Fsp3) is 0.889. The summed E-state index contributed by atoms with van der Waals surface area (Å²) in [4.78, 5) is 1.96. The van der Waals surface area contributed by atoms with Crippen molar-refractivity contribution >= 4 is 17.3 Å². The normalized spacial score (nSPS) is 9.93. The van der Waals surface area contributed by atoms with E-state index < -0.39 is 0 Å². The largest absolute Gasteiger partial charge is 0.383 e. The molecule has 0 spiro atoms. The van der Waals surface area contributed by atoms with E-state index in [2.05, 4.69) is 5.32 Å². The monoisotopic (exact) mass is 220 g/mol. The zero-order valence-corrected chi connectivity index (χ0v) is 10.0. The molecule has 0 rings (SSSR count). The van der Waals surface area contributed by atoms with Crippen LogP contribution in [-0.2, 0) is 9.47 Å². The molecule has 0 aromatic rings. The van der Waals surface area contributed by atoms with E-state index in [-0.39, 0.29) is 0 Å². The molecule has 0 atom stereocenters. The minimum atomic E-state index is 0.666. The molecule has 84 valence electrons. The Morgan fingerprint density at radius 1 is 1.43 bits per heavy atom. The number of hydrogen-bond acceptors (Lipinski definition) is 3. The van der Waals surface area contributed by atoms with Crippen LogP contribution >= 0.6 is 12.2 Å². The van der Waals surface area contributed by atoms with Crippen LogP contribution in [0.4, 0.5) is 0 Å². The molecule has 0 fully saturated rings.